The summed E-state index contributed by atoms with van der Waals surface area (Å²) in [5.74, 6) is -1.43. The van der Waals surface area contributed by atoms with Crippen molar-refractivity contribution >= 4 is 28.9 Å². The van der Waals surface area contributed by atoms with E-state index >= 15 is 0 Å². The van der Waals surface area contributed by atoms with Crippen molar-refractivity contribution in [1.29, 1.82) is 0 Å². The minimum atomic E-state index is -4.77. The van der Waals surface area contributed by atoms with Crippen LogP contribution in [0.3, 0.4) is 0 Å². The molecule has 1 amide bonds. The number of carbonyl (C=O) groups excluding carboxylic acids is 2. The molecule has 0 spiro atoms. The quantitative estimate of drug-likeness (QED) is 0.859. The van der Waals surface area contributed by atoms with Crippen molar-refractivity contribution in [1.82, 2.24) is 0 Å². The van der Waals surface area contributed by atoms with Gasteiger partial charge in [-0.1, -0.05) is 0 Å². The fraction of sp³-hybridized carbons (Fsp3) is 0.143. The Labute approximate surface area is 132 Å². The predicted octanol–water partition coefficient (Wildman–Crippen LogP) is 3.69. The summed E-state index contributed by atoms with van der Waals surface area (Å²) in [6, 6.07) is 7.61. The summed E-state index contributed by atoms with van der Waals surface area (Å²) in [5.41, 5.74) is 0.289. The monoisotopic (exact) mass is 345 g/mol. The summed E-state index contributed by atoms with van der Waals surface area (Å²) in [6.45, 7) is 0. The largest absolute Gasteiger partial charge is 0.573 e. The Hall–Kier alpha value is -2.55. The first kappa shape index (κ1) is 16.8. The normalized spacial score (nSPS) is 11.0. The average Bonchev–Trinajstić information content (AvgIpc) is 2.97. The van der Waals surface area contributed by atoms with E-state index in [1.807, 2.05) is 0 Å². The molecule has 0 fully saturated rings. The smallest absolute Gasteiger partial charge is 0.465 e. The van der Waals surface area contributed by atoms with Crippen molar-refractivity contribution in [2.45, 2.75) is 6.36 Å². The van der Waals surface area contributed by atoms with Crippen LogP contribution in [-0.4, -0.2) is 25.3 Å². The molecule has 0 aliphatic rings. The fourth-order valence-corrected chi connectivity index (χ4v) is 2.42. The highest BCUT2D eigenvalue weighted by Crippen LogP contribution is 2.24. The third kappa shape index (κ3) is 4.71. The molecule has 0 radical (unpaired) electrons. The molecule has 0 saturated heterocycles. The maximum atomic E-state index is 12.0. The highest BCUT2D eigenvalue weighted by molar-refractivity contribution is 7.16. The van der Waals surface area contributed by atoms with Gasteiger partial charge in [-0.25, -0.2) is 4.79 Å². The second kappa shape index (κ2) is 6.69. The number of nitrogens with one attached hydrogen (secondary N) is 1. The van der Waals surface area contributed by atoms with Gasteiger partial charge in [-0.2, -0.15) is 0 Å². The Balaban J connectivity index is 2.03. The van der Waals surface area contributed by atoms with Gasteiger partial charge in [0.15, 0.2) is 0 Å². The number of hydrogen-bond donors (Lipinski definition) is 1. The van der Waals surface area contributed by atoms with Crippen LogP contribution in [0.5, 0.6) is 5.75 Å². The van der Waals surface area contributed by atoms with Gasteiger partial charge in [0.1, 0.15) is 10.6 Å². The van der Waals surface area contributed by atoms with Gasteiger partial charge in [-0.05, 0) is 36.4 Å². The highest BCUT2D eigenvalue weighted by Gasteiger charge is 2.30. The molecule has 1 aromatic heterocycles. The Bertz CT molecular complexity index is 710. The molecule has 9 heteroatoms. The first-order chi connectivity index (χ1) is 10.8. The fourth-order valence-electron chi connectivity index (χ4n) is 1.60. The molecule has 0 bridgehead atoms. The van der Waals surface area contributed by atoms with E-state index in [4.69, 9.17) is 0 Å². The zero-order valence-corrected chi connectivity index (χ0v) is 12.5. The van der Waals surface area contributed by atoms with Crippen LogP contribution >= 0.6 is 11.3 Å². The summed E-state index contributed by atoms with van der Waals surface area (Å²) >= 11 is 0.944. The van der Waals surface area contributed by atoms with Crippen LogP contribution in [0.4, 0.5) is 18.9 Å². The van der Waals surface area contributed by atoms with E-state index in [-0.39, 0.29) is 21.2 Å². The van der Waals surface area contributed by atoms with Crippen molar-refractivity contribution < 1.29 is 32.2 Å². The minimum Gasteiger partial charge on any atom is -0.465 e. The van der Waals surface area contributed by atoms with Gasteiger partial charge in [0.05, 0.1) is 12.0 Å². The molecule has 0 aliphatic carbocycles. The topological polar surface area (TPSA) is 64.6 Å². The average molecular weight is 345 g/mol. The summed E-state index contributed by atoms with van der Waals surface area (Å²) in [5, 5.41) is 2.50. The van der Waals surface area contributed by atoms with Crippen LogP contribution in [0.1, 0.15) is 19.3 Å². The molecule has 0 atom stereocenters. The highest BCUT2D eigenvalue weighted by atomic mass is 32.1. The molecule has 5 nitrogen and oxygen atoms in total. The molecular weight excluding hydrogens is 335 g/mol. The molecule has 122 valence electrons. The van der Waals surface area contributed by atoms with Crippen LogP contribution in [0.2, 0.25) is 0 Å². The Morgan fingerprint density at radius 1 is 1.04 bits per heavy atom. The van der Waals surface area contributed by atoms with E-state index in [1.54, 1.807) is 0 Å². The summed E-state index contributed by atoms with van der Waals surface area (Å²) in [6.07, 6.45) is -4.77. The lowest BCUT2D eigenvalue weighted by atomic mass is 10.3. The lowest BCUT2D eigenvalue weighted by Gasteiger charge is -2.09. The Kier molecular flexibility index (Phi) is 4.89. The number of methoxy groups -OCH3 is 1. The van der Waals surface area contributed by atoms with Gasteiger partial charge in [0.25, 0.3) is 5.91 Å². The number of ether oxygens (including phenoxy) is 2. The lowest BCUT2D eigenvalue weighted by molar-refractivity contribution is -0.274. The number of anilines is 1. The van der Waals surface area contributed by atoms with Crippen molar-refractivity contribution in [2.24, 2.45) is 0 Å². The van der Waals surface area contributed by atoms with Crippen LogP contribution in [0, 0.1) is 0 Å². The number of carbonyl (C=O) groups is 2. The van der Waals surface area contributed by atoms with Crippen molar-refractivity contribution in [3.63, 3.8) is 0 Å². The number of thiophene rings is 1. The first-order valence-corrected chi connectivity index (χ1v) is 6.95. The Morgan fingerprint density at radius 3 is 2.22 bits per heavy atom. The number of esters is 1. The second-order valence-electron chi connectivity index (χ2n) is 4.18. The molecule has 1 aromatic carbocycles. The maximum Gasteiger partial charge on any atom is 0.573 e. The van der Waals surface area contributed by atoms with Gasteiger partial charge in [0.2, 0.25) is 0 Å². The Morgan fingerprint density at radius 2 is 1.65 bits per heavy atom. The summed E-state index contributed by atoms with van der Waals surface area (Å²) < 4.78 is 44.4. The van der Waals surface area contributed by atoms with E-state index in [1.165, 1.54) is 31.4 Å². The van der Waals surface area contributed by atoms with Crippen LogP contribution in [0.15, 0.2) is 36.4 Å². The maximum absolute atomic E-state index is 12.0. The number of benzene rings is 1. The summed E-state index contributed by atoms with van der Waals surface area (Å²) in [4.78, 5) is 23.8. The molecule has 0 aliphatic heterocycles. The molecule has 1 N–H and O–H groups in total. The SMILES string of the molecule is COC(=O)c1ccc(C(=O)Nc2ccc(OC(F)(F)F)cc2)s1. The van der Waals surface area contributed by atoms with Gasteiger partial charge >= 0.3 is 12.3 Å². The second-order valence-corrected chi connectivity index (χ2v) is 5.27. The molecule has 0 saturated carbocycles. The number of alkyl halides is 3. The molecule has 0 unspecified atom stereocenters. The molecular formula is C14H10F3NO4S. The first-order valence-electron chi connectivity index (χ1n) is 6.14. The lowest BCUT2D eigenvalue weighted by Crippen LogP contribution is -2.17. The number of halogens is 3. The van der Waals surface area contributed by atoms with Crippen LogP contribution in [-0.2, 0) is 4.74 Å². The zero-order valence-electron chi connectivity index (χ0n) is 11.6. The van der Waals surface area contributed by atoms with Crippen LogP contribution < -0.4 is 10.1 Å². The van der Waals surface area contributed by atoms with Gasteiger partial charge in [0, 0.05) is 5.69 Å². The number of rotatable bonds is 4. The summed E-state index contributed by atoms with van der Waals surface area (Å²) in [7, 11) is 1.23. The molecule has 1 heterocycles. The van der Waals surface area contributed by atoms with Gasteiger partial charge in [-0.15, -0.1) is 24.5 Å². The minimum absolute atomic E-state index is 0.265. The van der Waals surface area contributed by atoms with E-state index in [0.717, 1.165) is 23.5 Å². The van der Waals surface area contributed by atoms with Crippen molar-refractivity contribution in [3.8, 4) is 5.75 Å². The predicted molar refractivity (Wildman–Crippen MR) is 76.7 cm³/mol. The molecule has 23 heavy (non-hydrogen) atoms. The van der Waals surface area contributed by atoms with E-state index in [0.29, 0.717) is 0 Å². The van der Waals surface area contributed by atoms with E-state index < -0.39 is 18.2 Å². The zero-order chi connectivity index (χ0) is 17.0. The molecule has 2 aromatic rings. The number of amides is 1. The van der Waals surface area contributed by atoms with E-state index in [9.17, 15) is 22.8 Å². The van der Waals surface area contributed by atoms with Gasteiger partial charge < -0.3 is 14.8 Å². The number of hydrogen-bond acceptors (Lipinski definition) is 5. The third-order valence-electron chi connectivity index (χ3n) is 2.56. The van der Waals surface area contributed by atoms with Crippen LogP contribution in [0.25, 0.3) is 0 Å². The van der Waals surface area contributed by atoms with Crippen molar-refractivity contribution in [3.05, 3.63) is 46.2 Å². The third-order valence-corrected chi connectivity index (χ3v) is 3.63. The van der Waals surface area contributed by atoms with E-state index in [2.05, 4.69) is 14.8 Å². The van der Waals surface area contributed by atoms with Gasteiger partial charge in [-0.3, -0.25) is 4.79 Å². The molecule has 2 rings (SSSR count). The van der Waals surface area contributed by atoms with Crippen molar-refractivity contribution in [2.75, 3.05) is 12.4 Å². The standard InChI is InChI=1S/C14H10F3NO4S/c1-21-13(20)11-7-6-10(23-11)12(19)18-8-2-4-9(5-3-8)22-14(15,16)17/h2-7H,1H3,(H,18,19).